The van der Waals surface area contributed by atoms with E-state index in [1.54, 1.807) is 18.2 Å². The van der Waals surface area contributed by atoms with Crippen LogP contribution in [0.5, 0.6) is 5.75 Å². The summed E-state index contributed by atoms with van der Waals surface area (Å²) in [7, 11) is 0. The molecule has 1 atom stereocenters. The molecule has 2 rings (SSSR count). The molecule has 5 nitrogen and oxygen atoms in total. The van der Waals surface area contributed by atoms with Gasteiger partial charge < -0.3 is 15.5 Å². The monoisotopic (exact) mass is 263 g/mol. The Balaban J connectivity index is 1.90. The zero-order valence-electron chi connectivity index (χ0n) is 10.5. The number of rotatable bonds is 6. The van der Waals surface area contributed by atoms with Crippen molar-refractivity contribution >= 4 is 11.9 Å². The van der Waals surface area contributed by atoms with Gasteiger partial charge in [-0.15, -0.1) is 0 Å². The van der Waals surface area contributed by atoms with Gasteiger partial charge in [-0.1, -0.05) is 12.1 Å². The van der Waals surface area contributed by atoms with E-state index in [0.717, 1.165) is 12.8 Å². The third kappa shape index (κ3) is 4.28. The third-order valence-electron chi connectivity index (χ3n) is 3.21. The van der Waals surface area contributed by atoms with Crippen molar-refractivity contribution in [2.24, 2.45) is 5.92 Å². The summed E-state index contributed by atoms with van der Waals surface area (Å²) >= 11 is 0. The van der Waals surface area contributed by atoms with Crippen molar-refractivity contribution in [3.63, 3.8) is 0 Å². The van der Waals surface area contributed by atoms with Crippen molar-refractivity contribution in [1.29, 1.82) is 0 Å². The van der Waals surface area contributed by atoms with Crippen LogP contribution in [0.15, 0.2) is 24.3 Å². The summed E-state index contributed by atoms with van der Waals surface area (Å²) in [5.74, 6) is -0.683. The second-order valence-electron chi connectivity index (χ2n) is 4.96. The van der Waals surface area contributed by atoms with Crippen molar-refractivity contribution in [3.8, 4) is 5.75 Å². The lowest BCUT2D eigenvalue weighted by Crippen LogP contribution is -2.38. The fourth-order valence-corrected chi connectivity index (χ4v) is 2.13. The number of benzene rings is 1. The minimum Gasteiger partial charge on any atom is -0.508 e. The topological polar surface area (TPSA) is 86.6 Å². The van der Waals surface area contributed by atoms with Crippen molar-refractivity contribution < 1.29 is 19.8 Å². The summed E-state index contributed by atoms with van der Waals surface area (Å²) in [6, 6.07) is 6.22. The molecule has 0 aliphatic heterocycles. The Hall–Kier alpha value is -2.04. The molecule has 1 amide bonds. The first-order valence-corrected chi connectivity index (χ1v) is 6.33. The molecule has 19 heavy (non-hydrogen) atoms. The van der Waals surface area contributed by atoms with Crippen molar-refractivity contribution in [3.05, 3.63) is 29.8 Å². The van der Waals surface area contributed by atoms with Gasteiger partial charge in [0.15, 0.2) is 0 Å². The summed E-state index contributed by atoms with van der Waals surface area (Å²) in [5.41, 5.74) is 0.711. The SMILES string of the molecule is O=C(O)CC(NC(=O)Cc1cccc(O)c1)C1CC1. The molecule has 1 unspecified atom stereocenters. The summed E-state index contributed by atoms with van der Waals surface area (Å²) in [6.07, 6.45) is 2.07. The molecule has 0 aromatic heterocycles. The molecule has 0 heterocycles. The first-order chi connectivity index (χ1) is 9.04. The maximum atomic E-state index is 11.9. The summed E-state index contributed by atoms with van der Waals surface area (Å²) in [6.45, 7) is 0. The van der Waals surface area contributed by atoms with E-state index in [1.165, 1.54) is 6.07 Å². The van der Waals surface area contributed by atoms with Gasteiger partial charge in [-0.3, -0.25) is 9.59 Å². The van der Waals surface area contributed by atoms with Crippen LogP contribution in [-0.2, 0) is 16.0 Å². The van der Waals surface area contributed by atoms with Crippen LogP contribution in [0.4, 0.5) is 0 Å². The Kier molecular flexibility index (Phi) is 4.04. The van der Waals surface area contributed by atoms with Crippen LogP contribution in [-0.4, -0.2) is 28.1 Å². The number of aliphatic carboxylic acids is 1. The van der Waals surface area contributed by atoms with E-state index >= 15 is 0 Å². The lowest BCUT2D eigenvalue weighted by atomic mass is 10.1. The quantitative estimate of drug-likeness (QED) is 0.722. The first-order valence-electron chi connectivity index (χ1n) is 6.33. The molecule has 0 spiro atoms. The zero-order valence-corrected chi connectivity index (χ0v) is 10.5. The van der Waals surface area contributed by atoms with Crippen LogP contribution in [0.2, 0.25) is 0 Å². The Morgan fingerprint density at radius 2 is 2.11 bits per heavy atom. The molecule has 1 aromatic rings. The van der Waals surface area contributed by atoms with E-state index in [0.29, 0.717) is 11.5 Å². The van der Waals surface area contributed by atoms with Crippen LogP contribution in [0.3, 0.4) is 0 Å². The maximum absolute atomic E-state index is 11.9. The number of carbonyl (C=O) groups excluding carboxylic acids is 1. The highest BCUT2D eigenvalue weighted by atomic mass is 16.4. The highest BCUT2D eigenvalue weighted by Crippen LogP contribution is 2.34. The number of carboxylic acid groups (broad SMARTS) is 1. The predicted molar refractivity (Wildman–Crippen MR) is 68.7 cm³/mol. The number of carbonyl (C=O) groups is 2. The number of hydrogen-bond acceptors (Lipinski definition) is 3. The molecule has 1 aromatic carbocycles. The van der Waals surface area contributed by atoms with Crippen LogP contribution in [0.1, 0.15) is 24.8 Å². The van der Waals surface area contributed by atoms with E-state index in [9.17, 15) is 14.7 Å². The van der Waals surface area contributed by atoms with Gasteiger partial charge in [0.05, 0.1) is 12.8 Å². The Morgan fingerprint density at radius 1 is 1.37 bits per heavy atom. The smallest absolute Gasteiger partial charge is 0.305 e. The number of phenols is 1. The van der Waals surface area contributed by atoms with Gasteiger partial charge in [-0.25, -0.2) is 0 Å². The summed E-state index contributed by atoms with van der Waals surface area (Å²) < 4.78 is 0. The minimum atomic E-state index is -0.894. The number of aromatic hydroxyl groups is 1. The predicted octanol–water partition coefficient (Wildman–Crippen LogP) is 1.30. The van der Waals surface area contributed by atoms with Crippen molar-refractivity contribution in [2.45, 2.75) is 31.7 Å². The van der Waals surface area contributed by atoms with Gasteiger partial charge in [-0.2, -0.15) is 0 Å². The molecule has 102 valence electrons. The highest BCUT2D eigenvalue weighted by molar-refractivity contribution is 5.80. The van der Waals surface area contributed by atoms with Gasteiger partial charge in [-0.05, 0) is 36.5 Å². The Bertz CT molecular complexity index is 482. The molecular formula is C14H17NO4. The van der Waals surface area contributed by atoms with E-state index in [2.05, 4.69) is 5.32 Å². The fourth-order valence-electron chi connectivity index (χ4n) is 2.13. The van der Waals surface area contributed by atoms with E-state index in [1.807, 2.05) is 0 Å². The minimum absolute atomic E-state index is 0.0313. The number of nitrogens with one attached hydrogen (secondary N) is 1. The molecule has 0 bridgehead atoms. The van der Waals surface area contributed by atoms with Crippen LogP contribution in [0.25, 0.3) is 0 Å². The second-order valence-corrected chi connectivity index (χ2v) is 4.96. The van der Waals surface area contributed by atoms with Crippen molar-refractivity contribution in [2.75, 3.05) is 0 Å². The van der Waals surface area contributed by atoms with Gasteiger partial charge in [0.25, 0.3) is 0 Å². The molecule has 1 aliphatic rings. The largest absolute Gasteiger partial charge is 0.508 e. The van der Waals surface area contributed by atoms with Crippen LogP contribution < -0.4 is 5.32 Å². The van der Waals surface area contributed by atoms with Crippen LogP contribution in [0, 0.1) is 5.92 Å². The Labute approximate surface area is 111 Å². The summed E-state index contributed by atoms with van der Waals surface area (Å²) in [5, 5.41) is 20.9. The van der Waals surface area contributed by atoms with Gasteiger partial charge in [0.1, 0.15) is 5.75 Å². The fraction of sp³-hybridized carbons (Fsp3) is 0.429. The first kappa shape index (κ1) is 13.4. The van der Waals surface area contributed by atoms with Gasteiger partial charge in [0.2, 0.25) is 5.91 Å². The van der Waals surface area contributed by atoms with Crippen LogP contribution >= 0.6 is 0 Å². The molecule has 0 radical (unpaired) electrons. The third-order valence-corrected chi connectivity index (χ3v) is 3.21. The van der Waals surface area contributed by atoms with Gasteiger partial charge in [0, 0.05) is 6.04 Å². The molecule has 1 aliphatic carbocycles. The molecule has 1 saturated carbocycles. The molecule has 1 fully saturated rings. The normalized spacial score (nSPS) is 15.8. The lowest BCUT2D eigenvalue weighted by molar-refractivity contribution is -0.137. The molecule has 5 heteroatoms. The van der Waals surface area contributed by atoms with E-state index in [-0.39, 0.29) is 30.5 Å². The standard InChI is InChI=1S/C14H17NO4/c16-11-3-1-2-9(6-11)7-13(17)15-12(8-14(18)19)10-4-5-10/h1-3,6,10,12,16H,4-5,7-8H2,(H,15,17)(H,18,19). The number of hydrogen-bond donors (Lipinski definition) is 3. The van der Waals surface area contributed by atoms with E-state index in [4.69, 9.17) is 5.11 Å². The summed E-state index contributed by atoms with van der Waals surface area (Å²) in [4.78, 5) is 22.6. The number of phenolic OH excluding ortho intramolecular Hbond substituents is 1. The molecule has 3 N–H and O–H groups in total. The second kappa shape index (κ2) is 5.73. The zero-order chi connectivity index (χ0) is 13.8. The highest BCUT2D eigenvalue weighted by Gasteiger charge is 2.33. The van der Waals surface area contributed by atoms with Crippen molar-refractivity contribution in [1.82, 2.24) is 5.32 Å². The average molecular weight is 263 g/mol. The number of amides is 1. The van der Waals surface area contributed by atoms with E-state index < -0.39 is 5.97 Å². The van der Waals surface area contributed by atoms with Gasteiger partial charge >= 0.3 is 5.97 Å². The molecular weight excluding hydrogens is 246 g/mol. The average Bonchev–Trinajstić information content (AvgIpc) is 3.10. The number of carboxylic acids is 1. The Morgan fingerprint density at radius 3 is 2.68 bits per heavy atom. The lowest BCUT2D eigenvalue weighted by Gasteiger charge is -2.16. The molecule has 0 saturated heterocycles. The maximum Gasteiger partial charge on any atom is 0.305 e.